The van der Waals surface area contributed by atoms with Crippen LogP contribution in [-0.2, 0) is 0 Å². The smallest absolute Gasteiger partial charge is 0.00952 e. The van der Waals surface area contributed by atoms with Crippen molar-refractivity contribution in [3.63, 3.8) is 0 Å². The summed E-state index contributed by atoms with van der Waals surface area (Å²) in [6, 6.07) is 0.988. The number of halogens is 1. The molecule has 0 N–H and O–H groups in total. The van der Waals surface area contributed by atoms with Crippen molar-refractivity contribution in [2.75, 3.05) is 13.1 Å². The van der Waals surface area contributed by atoms with Crippen LogP contribution in [0, 0.1) is 0 Å². The van der Waals surface area contributed by atoms with Gasteiger partial charge in [-0.2, -0.15) is 0 Å². The predicted molar refractivity (Wildman–Crippen MR) is 53.4 cm³/mol. The summed E-state index contributed by atoms with van der Waals surface area (Å²) in [7, 11) is 0. The van der Waals surface area contributed by atoms with E-state index < -0.39 is 0 Å². The molecule has 2 heterocycles. The molecule has 2 rings (SSSR count). The third-order valence-corrected chi connectivity index (χ3v) is 2.98. The number of hydrogen-bond donors (Lipinski definition) is 0. The number of hydrogen-bond acceptors (Lipinski definition) is 1. The highest BCUT2D eigenvalue weighted by Crippen LogP contribution is 2.25. The van der Waals surface area contributed by atoms with Gasteiger partial charge in [-0.05, 0) is 38.8 Å². The fourth-order valence-electron chi connectivity index (χ4n) is 2.38. The van der Waals surface area contributed by atoms with Crippen LogP contribution in [0.4, 0.5) is 0 Å². The van der Waals surface area contributed by atoms with Crippen LogP contribution < -0.4 is 0 Å². The van der Waals surface area contributed by atoms with Crippen LogP contribution in [0.1, 0.15) is 38.5 Å². The molecule has 1 nitrogen and oxygen atoms in total. The molecule has 0 spiro atoms. The van der Waals surface area contributed by atoms with Crippen LogP contribution in [-0.4, -0.2) is 24.0 Å². The van der Waals surface area contributed by atoms with Gasteiger partial charge in [-0.15, -0.1) is 17.0 Å². The maximum Gasteiger partial charge on any atom is 0.00952 e. The number of rotatable bonds is 0. The molecular formula is C9H18BrN. The van der Waals surface area contributed by atoms with E-state index in [4.69, 9.17) is 0 Å². The Morgan fingerprint density at radius 2 is 1.36 bits per heavy atom. The minimum atomic E-state index is 0. The molecule has 0 radical (unpaired) electrons. The van der Waals surface area contributed by atoms with E-state index in [2.05, 4.69) is 4.90 Å². The largest absolute Gasteiger partial charge is 0.300 e. The van der Waals surface area contributed by atoms with Crippen molar-refractivity contribution >= 4 is 17.0 Å². The average molecular weight is 220 g/mol. The Morgan fingerprint density at radius 3 is 1.82 bits per heavy atom. The van der Waals surface area contributed by atoms with Crippen LogP contribution in [0.3, 0.4) is 0 Å². The second kappa shape index (κ2) is 4.46. The van der Waals surface area contributed by atoms with E-state index in [0.717, 1.165) is 6.04 Å². The number of piperidine rings is 2. The van der Waals surface area contributed by atoms with Gasteiger partial charge < -0.3 is 4.90 Å². The van der Waals surface area contributed by atoms with E-state index in [1.165, 1.54) is 51.6 Å². The van der Waals surface area contributed by atoms with Crippen molar-refractivity contribution in [3.05, 3.63) is 0 Å². The fraction of sp³-hybridized carbons (Fsp3) is 1.00. The maximum absolute atomic E-state index is 2.70. The Hall–Kier alpha value is 0.440. The fourth-order valence-corrected chi connectivity index (χ4v) is 2.38. The van der Waals surface area contributed by atoms with Crippen molar-refractivity contribution in [2.24, 2.45) is 0 Å². The summed E-state index contributed by atoms with van der Waals surface area (Å²) < 4.78 is 0. The van der Waals surface area contributed by atoms with Crippen molar-refractivity contribution in [3.8, 4) is 0 Å². The quantitative estimate of drug-likeness (QED) is 0.606. The van der Waals surface area contributed by atoms with Gasteiger partial charge in [-0.3, -0.25) is 0 Å². The standard InChI is InChI=1S/C9H17N.BrH/c1-3-7-10-8-4-2-6-9(10)5-1;/h9H,1-8H2;1H. The molecule has 2 aliphatic rings. The van der Waals surface area contributed by atoms with E-state index in [0.29, 0.717) is 0 Å². The Bertz CT molecular complexity index is 90.1. The van der Waals surface area contributed by atoms with Gasteiger partial charge in [0.05, 0.1) is 0 Å². The molecule has 0 aliphatic carbocycles. The van der Waals surface area contributed by atoms with Gasteiger partial charge in [0.15, 0.2) is 0 Å². The predicted octanol–water partition coefficient (Wildman–Crippen LogP) is 2.60. The zero-order valence-corrected chi connectivity index (χ0v) is 8.80. The molecule has 0 atom stereocenters. The average Bonchev–Trinajstić information content (AvgIpc) is 2.05. The summed E-state index contributed by atoms with van der Waals surface area (Å²) >= 11 is 0. The molecule has 0 aromatic carbocycles. The zero-order chi connectivity index (χ0) is 6.81. The Balaban J connectivity index is 0.000000605. The van der Waals surface area contributed by atoms with Crippen LogP contribution >= 0.6 is 17.0 Å². The van der Waals surface area contributed by atoms with Gasteiger partial charge in [-0.1, -0.05) is 12.8 Å². The molecule has 2 aliphatic heterocycles. The van der Waals surface area contributed by atoms with Crippen LogP contribution in [0.15, 0.2) is 0 Å². The first-order chi connectivity index (χ1) is 4.97. The lowest BCUT2D eigenvalue weighted by Gasteiger charge is -2.39. The summed E-state index contributed by atoms with van der Waals surface area (Å²) in [5.74, 6) is 0. The van der Waals surface area contributed by atoms with Gasteiger partial charge in [0.2, 0.25) is 0 Å². The van der Waals surface area contributed by atoms with Crippen molar-refractivity contribution in [2.45, 2.75) is 44.6 Å². The summed E-state index contributed by atoms with van der Waals surface area (Å²) in [5, 5.41) is 0. The van der Waals surface area contributed by atoms with Crippen molar-refractivity contribution < 1.29 is 0 Å². The van der Waals surface area contributed by atoms with Gasteiger partial charge in [0.1, 0.15) is 0 Å². The lowest BCUT2D eigenvalue weighted by molar-refractivity contribution is 0.109. The Kier molecular flexibility index (Phi) is 3.86. The van der Waals surface area contributed by atoms with Gasteiger partial charge in [0.25, 0.3) is 0 Å². The van der Waals surface area contributed by atoms with E-state index in [1.807, 2.05) is 0 Å². The second-order valence-electron chi connectivity index (χ2n) is 3.68. The summed E-state index contributed by atoms with van der Waals surface area (Å²) in [5.41, 5.74) is 0. The Morgan fingerprint density at radius 1 is 0.818 bits per heavy atom. The number of fused-ring (bicyclic) bond motifs is 1. The first-order valence-corrected chi connectivity index (χ1v) is 4.71. The summed E-state index contributed by atoms with van der Waals surface area (Å²) in [6.45, 7) is 2.79. The molecule has 66 valence electrons. The molecule has 2 saturated heterocycles. The molecule has 0 aromatic heterocycles. The van der Waals surface area contributed by atoms with Crippen LogP contribution in [0.25, 0.3) is 0 Å². The van der Waals surface area contributed by atoms with E-state index in [9.17, 15) is 0 Å². The molecule has 0 amide bonds. The maximum atomic E-state index is 2.70. The summed E-state index contributed by atoms with van der Waals surface area (Å²) in [6.07, 6.45) is 8.86. The highest BCUT2D eigenvalue weighted by atomic mass is 79.9. The third-order valence-electron chi connectivity index (χ3n) is 2.98. The lowest BCUT2D eigenvalue weighted by Crippen LogP contribution is -2.42. The topological polar surface area (TPSA) is 3.24 Å². The van der Waals surface area contributed by atoms with Crippen LogP contribution in [0.5, 0.6) is 0 Å². The van der Waals surface area contributed by atoms with Gasteiger partial charge in [-0.25, -0.2) is 0 Å². The second-order valence-corrected chi connectivity index (χ2v) is 3.68. The lowest BCUT2D eigenvalue weighted by atomic mass is 9.93. The SMILES string of the molecule is Br.C1CCN2CCCCC2C1. The molecule has 0 saturated carbocycles. The highest BCUT2D eigenvalue weighted by Gasteiger charge is 2.24. The molecule has 2 heteroatoms. The van der Waals surface area contributed by atoms with Gasteiger partial charge >= 0.3 is 0 Å². The third kappa shape index (κ3) is 2.19. The van der Waals surface area contributed by atoms with Crippen molar-refractivity contribution in [1.29, 1.82) is 0 Å². The normalized spacial score (nSPS) is 27.3. The Labute approximate surface area is 79.9 Å². The van der Waals surface area contributed by atoms with Crippen LogP contribution in [0.2, 0.25) is 0 Å². The van der Waals surface area contributed by atoms with Gasteiger partial charge in [0, 0.05) is 6.04 Å². The minimum absolute atomic E-state index is 0. The molecule has 0 unspecified atom stereocenters. The number of nitrogens with zero attached hydrogens (tertiary/aromatic N) is 1. The summed E-state index contributed by atoms with van der Waals surface area (Å²) in [4.78, 5) is 2.70. The zero-order valence-electron chi connectivity index (χ0n) is 7.09. The first-order valence-electron chi connectivity index (χ1n) is 4.71. The molecule has 0 bridgehead atoms. The first kappa shape index (κ1) is 9.53. The van der Waals surface area contributed by atoms with E-state index >= 15 is 0 Å². The monoisotopic (exact) mass is 219 g/mol. The molecule has 0 aromatic rings. The van der Waals surface area contributed by atoms with E-state index in [-0.39, 0.29) is 17.0 Å². The van der Waals surface area contributed by atoms with E-state index in [1.54, 1.807) is 0 Å². The highest BCUT2D eigenvalue weighted by molar-refractivity contribution is 8.93. The van der Waals surface area contributed by atoms with Crippen molar-refractivity contribution in [1.82, 2.24) is 4.90 Å². The molecular weight excluding hydrogens is 202 g/mol. The minimum Gasteiger partial charge on any atom is -0.300 e. The molecule has 2 fully saturated rings. The molecule has 11 heavy (non-hydrogen) atoms.